The Hall–Kier alpha value is -1.56. The van der Waals surface area contributed by atoms with Gasteiger partial charge in [-0.25, -0.2) is 5.01 Å². The average molecular weight is 171 g/mol. The van der Waals surface area contributed by atoms with E-state index in [4.69, 9.17) is 11.5 Å². The first-order chi connectivity index (χ1) is 5.49. The Kier molecular flexibility index (Phi) is 3.78. The molecule has 0 aliphatic carbocycles. The molecule has 0 saturated heterocycles. The highest BCUT2D eigenvalue weighted by atomic mass is 16.2. The van der Waals surface area contributed by atoms with Crippen molar-refractivity contribution in [3.05, 3.63) is 11.5 Å². The smallest absolute Gasteiger partial charge is 0.287 e. The fourth-order valence-corrected chi connectivity index (χ4v) is 0.550. The maximum Gasteiger partial charge on any atom is 0.287 e. The second-order valence-electron chi connectivity index (χ2n) is 2.30. The van der Waals surface area contributed by atoms with Crippen molar-refractivity contribution in [3.63, 3.8) is 0 Å². The van der Waals surface area contributed by atoms with E-state index in [2.05, 4.69) is 17.1 Å². The minimum atomic E-state index is -0.477. The van der Waals surface area contributed by atoms with Gasteiger partial charge in [0.25, 0.3) is 5.91 Å². The zero-order chi connectivity index (χ0) is 9.72. The van der Waals surface area contributed by atoms with Gasteiger partial charge in [0.1, 0.15) is 5.82 Å². The fourth-order valence-electron chi connectivity index (χ4n) is 0.550. The van der Waals surface area contributed by atoms with Crippen LogP contribution in [0.5, 0.6) is 0 Å². The number of hydrogen-bond donors (Lipinski definition) is 3. The van der Waals surface area contributed by atoms with E-state index in [-0.39, 0.29) is 11.5 Å². The second kappa shape index (κ2) is 4.35. The van der Waals surface area contributed by atoms with Crippen molar-refractivity contribution in [2.45, 2.75) is 0 Å². The molecule has 0 radical (unpaired) electrons. The number of hydrazine groups is 1. The molecule has 0 saturated carbocycles. The van der Waals surface area contributed by atoms with E-state index < -0.39 is 5.91 Å². The van der Waals surface area contributed by atoms with Gasteiger partial charge in [0, 0.05) is 14.1 Å². The Balaban J connectivity index is 4.46. The normalized spacial score (nSPS) is 9.25. The molecule has 0 bridgehead atoms. The molecular weight excluding hydrogens is 158 g/mol. The molecule has 6 nitrogen and oxygen atoms in total. The number of aliphatic imine (C=N–C) groups is 1. The molecule has 0 fully saturated rings. The van der Waals surface area contributed by atoms with E-state index in [1.165, 1.54) is 5.01 Å². The molecule has 0 spiro atoms. The van der Waals surface area contributed by atoms with Crippen LogP contribution in [0.2, 0.25) is 0 Å². The van der Waals surface area contributed by atoms with Gasteiger partial charge in [-0.05, 0) is 6.72 Å². The molecule has 0 unspecified atom stereocenters. The first-order valence-corrected chi connectivity index (χ1v) is 3.19. The van der Waals surface area contributed by atoms with Crippen molar-refractivity contribution in [1.82, 2.24) is 10.4 Å². The number of hydrogen-bond acceptors (Lipinski definition) is 5. The minimum absolute atomic E-state index is 0.0660. The molecule has 1 amide bonds. The zero-order valence-corrected chi connectivity index (χ0v) is 7.16. The van der Waals surface area contributed by atoms with Crippen LogP contribution in [0.1, 0.15) is 0 Å². The summed E-state index contributed by atoms with van der Waals surface area (Å²) in [4.78, 5) is 14.5. The third kappa shape index (κ3) is 3.02. The summed E-state index contributed by atoms with van der Waals surface area (Å²) in [6.07, 6.45) is 0. The first kappa shape index (κ1) is 10.4. The van der Waals surface area contributed by atoms with Crippen molar-refractivity contribution in [2.24, 2.45) is 16.5 Å². The van der Waals surface area contributed by atoms with Crippen molar-refractivity contribution in [3.8, 4) is 0 Å². The van der Waals surface area contributed by atoms with E-state index >= 15 is 0 Å². The number of nitrogens with one attached hydrogen (secondary N) is 1. The Bertz CT molecular complexity index is 216. The van der Waals surface area contributed by atoms with Crippen molar-refractivity contribution < 1.29 is 4.79 Å². The molecule has 0 aliphatic rings. The highest BCUT2D eigenvalue weighted by Crippen LogP contribution is 1.95. The molecule has 12 heavy (non-hydrogen) atoms. The monoisotopic (exact) mass is 171 g/mol. The van der Waals surface area contributed by atoms with E-state index in [0.29, 0.717) is 0 Å². The zero-order valence-electron chi connectivity index (χ0n) is 7.16. The lowest BCUT2D eigenvalue weighted by Gasteiger charge is -2.11. The van der Waals surface area contributed by atoms with Gasteiger partial charge >= 0.3 is 0 Å². The molecule has 0 aliphatic heterocycles. The van der Waals surface area contributed by atoms with Crippen LogP contribution in [0.25, 0.3) is 0 Å². The molecule has 0 rings (SSSR count). The van der Waals surface area contributed by atoms with Crippen LogP contribution in [0.15, 0.2) is 16.5 Å². The molecule has 68 valence electrons. The van der Waals surface area contributed by atoms with Gasteiger partial charge in [-0.3, -0.25) is 15.2 Å². The predicted molar refractivity (Wildman–Crippen MR) is 46.8 cm³/mol. The van der Waals surface area contributed by atoms with Crippen LogP contribution >= 0.6 is 0 Å². The summed E-state index contributed by atoms with van der Waals surface area (Å²) in [5, 5.41) is 1.45. The number of carbonyl (C=O) groups excluding carboxylic acids is 1. The Labute approximate surface area is 70.9 Å². The number of nitrogens with two attached hydrogens (primary N) is 2. The summed E-state index contributed by atoms with van der Waals surface area (Å²) in [6, 6.07) is 0. The van der Waals surface area contributed by atoms with Crippen molar-refractivity contribution in [2.75, 3.05) is 14.1 Å². The summed E-state index contributed by atoms with van der Waals surface area (Å²) >= 11 is 0. The third-order valence-electron chi connectivity index (χ3n) is 0.972. The highest BCUT2D eigenvalue weighted by Gasteiger charge is 2.10. The van der Waals surface area contributed by atoms with Gasteiger partial charge in [-0.2, -0.15) is 0 Å². The molecule has 6 heteroatoms. The van der Waals surface area contributed by atoms with Crippen LogP contribution in [0.4, 0.5) is 0 Å². The van der Waals surface area contributed by atoms with Gasteiger partial charge in [-0.15, -0.1) is 0 Å². The molecule has 0 heterocycles. The van der Waals surface area contributed by atoms with Crippen molar-refractivity contribution in [1.29, 1.82) is 0 Å². The third-order valence-corrected chi connectivity index (χ3v) is 0.972. The summed E-state index contributed by atoms with van der Waals surface area (Å²) in [5.41, 5.74) is 12.7. The second-order valence-corrected chi connectivity index (χ2v) is 2.30. The van der Waals surface area contributed by atoms with E-state index in [0.717, 1.165) is 0 Å². The van der Waals surface area contributed by atoms with Gasteiger partial charge in [0.05, 0.1) is 0 Å². The maximum atomic E-state index is 11.1. The summed E-state index contributed by atoms with van der Waals surface area (Å²) in [7, 11) is 3.32. The largest absolute Gasteiger partial charge is 0.384 e. The maximum absolute atomic E-state index is 11.1. The number of carbonyl (C=O) groups is 1. The van der Waals surface area contributed by atoms with Crippen LogP contribution in [-0.2, 0) is 4.79 Å². The number of nitrogens with zero attached hydrogens (tertiary/aromatic N) is 2. The summed E-state index contributed by atoms with van der Waals surface area (Å²) in [6.45, 7) is 3.16. The number of rotatable bonds is 3. The molecule has 0 aromatic heterocycles. The van der Waals surface area contributed by atoms with E-state index in [1.807, 2.05) is 0 Å². The highest BCUT2D eigenvalue weighted by molar-refractivity contribution is 5.93. The van der Waals surface area contributed by atoms with Gasteiger partial charge < -0.3 is 11.5 Å². The van der Waals surface area contributed by atoms with Gasteiger partial charge in [0.2, 0.25) is 0 Å². The van der Waals surface area contributed by atoms with Gasteiger partial charge in [-0.1, -0.05) is 0 Å². The fraction of sp³-hybridized carbons (Fsp3) is 0.333. The van der Waals surface area contributed by atoms with Crippen LogP contribution in [0.3, 0.4) is 0 Å². The standard InChI is InChI=1S/C6H13N5O/c1-9-4(5(7)8)6(12)10-11(2)3/h1,7-8H2,2-3H3,(H,10,12). The molecule has 0 aromatic rings. The lowest BCUT2D eigenvalue weighted by atomic mass is 10.4. The predicted octanol–water partition coefficient (Wildman–Crippen LogP) is -1.63. The quantitative estimate of drug-likeness (QED) is 0.270. The Morgan fingerprint density at radius 2 is 2.00 bits per heavy atom. The van der Waals surface area contributed by atoms with E-state index in [1.54, 1.807) is 14.1 Å². The Morgan fingerprint density at radius 1 is 1.50 bits per heavy atom. The minimum Gasteiger partial charge on any atom is -0.384 e. The lowest BCUT2D eigenvalue weighted by Crippen LogP contribution is -2.38. The molecule has 5 N–H and O–H groups in total. The molecule has 0 aromatic carbocycles. The van der Waals surface area contributed by atoms with Crippen molar-refractivity contribution >= 4 is 12.6 Å². The Morgan fingerprint density at radius 3 is 2.25 bits per heavy atom. The molecule has 0 atom stereocenters. The topological polar surface area (TPSA) is 96.7 Å². The summed E-state index contributed by atoms with van der Waals surface area (Å²) < 4.78 is 0. The van der Waals surface area contributed by atoms with Crippen LogP contribution < -0.4 is 16.9 Å². The summed E-state index contributed by atoms with van der Waals surface area (Å²) in [5.74, 6) is -0.626. The van der Waals surface area contributed by atoms with Crippen LogP contribution in [-0.4, -0.2) is 31.7 Å². The SMILES string of the molecule is C=NC(C(=O)NN(C)C)=C(N)N. The molecular formula is C6H13N5O. The first-order valence-electron chi connectivity index (χ1n) is 3.19. The van der Waals surface area contributed by atoms with E-state index in [9.17, 15) is 4.79 Å². The van der Waals surface area contributed by atoms with Gasteiger partial charge in [0.15, 0.2) is 5.70 Å². The van der Waals surface area contributed by atoms with Crippen LogP contribution in [0, 0.1) is 0 Å². The lowest BCUT2D eigenvalue weighted by molar-refractivity contribution is -0.121. The average Bonchev–Trinajstić information content (AvgIpc) is 1.85. The number of amides is 1.